The Morgan fingerprint density at radius 1 is 1.38 bits per heavy atom. The molecule has 0 fully saturated rings. The fourth-order valence-electron chi connectivity index (χ4n) is 1.49. The van der Waals surface area contributed by atoms with E-state index < -0.39 is 6.89 Å². The zero-order valence-electron chi connectivity index (χ0n) is 9.34. The highest BCUT2D eigenvalue weighted by molar-refractivity contribution is 7.77. The van der Waals surface area contributed by atoms with E-state index >= 15 is 0 Å². The molecule has 0 saturated heterocycles. The van der Waals surface area contributed by atoms with E-state index in [1.165, 1.54) is 31.8 Å². The maximum Gasteiger partial charge on any atom is -0.0228 e. The summed E-state index contributed by atoms with van der Waals surface area (Å²) in [6.45, 7) is 5.45. The molecule has 0 nitrogen and oxygen atoms in total. The standard InChI is InChI=1S/C12H23P/c1-6-9-12(7-2)10-11-13(4,5)8-3/h3,12H,4,6-7,9-11H2,1-2,5H3. The normalized spacial score (nSPS) is 17.4. The third-order valence-corrected chi connectivity index (χ3v) is 4.49. The summed E-state index contributed by atoms with van der Waals surface area (Å²) in [5, 5.41) is 0. The van der Waals surface area contributed by atoms with Crippen molar-refractivity contribution >= 4 is 13.2 Å². The van der Waals surface area contributed by atoms with Gasteiger partial charge in [-0.15, -0.1) is 6.42 Å². The smallest absolute Gasteiger partial charge is 0.0228 e. The first-order valence-electron chi connectivity index (χ1n) is 5.23. The van der Waals surface area contributed by atoms with Gasteiger partial charge in [0.05, 0.1) is 0 Å². The number of rotatable bonds is 6. The molecule has 13 heavy (non-hydrogen) atoms. The minimum absolute atomic E-state index is 0.874. The molecule has 0 bridgehead atoms. The molecule has 0 amide bonds. The zero-order chi connectivity index (χ0) is 10.3. The van der Waals surface area contributed by atoms with Crippen LogP contribution in [0, 0.1) is 18.0 Å². The fourth-order valence-corrected chi connectivity index (χ4v) is 2.56. The molecule has 0 spiro atoms. The van der Waals surface area contributed by atoms with Gasteiger partial charge in [0.15, 0.2) is 0 Å². The van der Waals surface area contributed by atoms with E-state index in [4.69, 9.17) is 6.42 Å². The van der Waals surface area contributed by atoms with Gasteiger partial charge in [0.25, 0.3) is 0 Å². The van der Waals surface area contributed by atoms with E-state index in [1.54, 1.807) is 0 Å². The van der Waals surface area contributed by atoms with Gasteiger partial charge in [0, 0.05) is 0 Å². The second-order valence-corrected chi connectivity index (χ2v) is 7.60. The molecule has 2 unspecified atom stereocenters. The summed E-state index contributed by atoms with van der Waals surface area (Å²) in [6.07, 6.45) is 16.0. The van der Waals surface area contributed by atoms with Crippen molar-refractivity contribution in [2.75, 3.05) is 12.8 Å². The van der Waals surface area contributed by atoms with E-state index in [0.717, 1.165) is 5.92 Å². The molecule has 0 heterocycles. The summed E-state index contributed by atoms with van der Waals surface area (Å²) in [7, 11) is 0. The Labute approximate surface area is 84.1 Å². The van der Waals surface area contributed by atoms with Crippen LogP contribution in [0.3, 0.4) is 0 Å². The van der Waals surface area contributed by atoms with Crippen LogP contribution in [0.5, 0.6) is 0 Å². The Kier molecular flexibility index (Phi) is 6.27. The average Bonchev–Trinajstić information content (AvgIpc) is 2.12. The molecule has 0 radical (unpaired) electrons. The first-order chi connectivity index (χ1) is 6.05. The third kappa shape index (κ3) is 6.00. The van der Waals surface area contributed by atoms with Crippen molar-refractivity contribution in [2.24, 2.45) is 5.92 Å². The molecule has 0 aromatic rings. The van der Waals surface area contributed by atoms with Gasteiger partial charge in [0.2, 0.25) is 0 Å². The van der Waals surface area contributed by atoms with E-state index in [9.17, 15) is 0 Å². The summed E-state index contributed by atoms with van der Waals surface area (Å²) in [4.78, 5) is 0. The van der Waals surface area contributed by atoms with Crippen LogP contribution in [0.15, 0.2) is 0 Å². The molecule has 0 aromatic carbocycles. The van der Waals surface area contributed by atoms with Crippen LogP contribution in [-0.4, -0.2) is 19.1 Å². The van der Waals surface area contributed by atoms with E-state index in [0.29, 0.717) is 0 Å². The highest BCUT2D eigenvalue weighted by atomic mass is 31.2. The first kappa shape index (κ1) is 12.9. The van der Waals surface area contributed by atoms with Crippen LogP contribution in [0.1, 0.15) is 39.5 Å². The van der Waals surface area contributed by atoms with Gasteiger partial charge in [-0.05, 0) is 32.1 Å². The first-order valence-corrected chi connectivity index (χ1v) is 7.84. The van der Waals surface area contributed by atoms with Crippen molar-refractivity contribution in [3.8, 4) is 12.1 Å². The molecule has 76 valence electrons. The Morgan fingerprint density at radius 3 is 2.38 bits per heavy atom. The lowest BCUT2D eigenvalue weighted by Gasteiger charge is -2.17. The predicted octanol–water partition coefficient (Wildman–Crippen LogP) is 3.87. The third-order valence-electron chi connectivity index (χ3n) is 2.62. The van der Waals surface area contributed by atoms with Crippen LogP contribution in [0.4, 0.5) is 0 Å². The quantitative estimate of drug-likeness (QED) is 0.449. The van der Waals surface area contributed by atoms with Gasteiger partial charge in [-0.3, -0.25) is 0 Å². The highest BCUT2D eigenvalue weighted by Gasteiger charge is 2.09. The maximum atomic E-state index is 5.44. The molecule has 0 aliphatic heterocycles. The van der Waals surface area contributed by atoms with E-state index in [-0.39, 0.29) is 0 Å². The summed E-state index contributed by atoms with van der Waals surface area (Å²) in [5.41, 5.74) is 2.86. The highest BCUT2D eigenvalue weighted by Crippen LogP contribution is 2.40. The largest absolute Gasteiger partial charge is 0.116 e. The lowest BCUT2D eigenvalue weighted by Crippen LogP contribution is -2.01. The van der Waals surface area contributed by atoms with E-state index in [2.05, 4.69) is 32.5 Å². The molecule has 2 atom stereocenters. The van der Waals surface area contributed by atoms with Crippen LogP contribution in [0.25, 0.3) is 0 Å². The van der Waals surface area contributed by atoms with Gasteiger partial charge in [-0.1, -0.05) is 45.1 Å². The van der Waals surface area contributed by atoms with Gasteiger partial charge < -0.3 is 0 Å². The topological polar surface area (TPSA) is 0 Å². The van der Waals surface area contributed by atoms with Crippen molar-refractivity contribution < 1.29 is 0 Å². The van der Waals surface area contributed by atoms with Gasteiger partial charge >= 0.3 is 0 Å². The maximum absolute atomic E-state index is 5.44. The van der Waals surface area contributed by atoms with Crippen molar-refractivity contribution in [1.29, 1.82) is 0 Å². The zero-order valence-corrected chi connectivity index (χ0v) is 10.2. The molecule has 1 heteroatoms. The number of terminal acetylenes is 1. The Hall–Kier alpha value is -0.140. The van der Waals surface area contributed by atoms with Crippen LogP contribution in [0.2, 0.25) is 0 Å². The molecular weight excluding hydrogens is 175 g/mol. The van der Waals surface area contributed by atoms with Gasteiger partial charge in [-0.25, -0.2) is 0 Å². The average molecular weight is 198 g/mol. The van der Waals surface area contributed by atoms with Crippen molar-refractivity contribution in [3.63, 3.8) is 0 Å². The van der Waals surface area contributed by atoms with Gasteiger partial charge in [0.1, 0.15) is 0 Å². The van der Waals surface area contributed by atoms with Gasteiger partial charge in [-0.2, -0.15) is 0 Å². The predicted molar refractivity (Wildman–Crippen MR) is 67.0 cm³/mol. The minimum Gasteiger partial charge on any atom is -0.116 e. The molecule has 0 saturated carbocycles. The minimum atomic E-state index is -1.24. The molecule has 0 rings (SSSR count). The van der Waals surface area contributed by atoms with Crippen molar-refractivity contribution in [2.45, 2.75) is 39.5 Å². The Balaban J connectivity index is 3.86. The lowest BCUT2D eigenvalue weighted by molar-refractivity contribution is 0.453. The Morgan fingerprint density at radius 2 is 2.00 bits per heavy atom. The summed E-state index contributed by atoms with van der Waals surface area (Å²) in [6, 6.07) is 0. The summed E-state index contributed by atoms with van der Waals surface area (Å²) >= 11 is 0. The van der Waals surface area contributed by atoms with Crippen LogP contribution < -0.4 is 0 Å². The number of hydrogen-bond donors (Lipinski definition) is 0. The number of hydrogen-bond acceptors (Lipinski definition) is 0. The SMILES string of the molecule is C#CP(=C)(C)CCC(CC)CCC. The van der Waals surface area contributed by atoms with Crippen molar-refractivity contribution in [1.82, 2.24) is 0 Å². The van der Waals surface area contributed by atoms with Crippen molar-refractivity contribution in [3.05, 3.63) is 0 Å². The van der Waals surface area contributed by atoms with Crippen LogP contribution >= 0.6 is 6.89 Å². The lowest BCUT2D eigenvalue weighted by atomic mass is 9.98. The summed E-state index contributed by atoms with van der Waals surface area (Å²) in [5.74, 6) is 0.874. The summed E-state index contributed by atoms with van der Waals surface area (Å²) < 4.78 is 0. The molecule has 0 aliphatic rings. The molecule has 0 aliphatic carbocycles. The van der Waals surface area contributed by atoms with Crippen LogP contribution in [-0.2, 0) is 0 Å². The second kappa shape index (κ2) is 6.33. The molecule has 0 N–H and O–H groups in total. The molecule has 0 aromatic heterocycles. The van der Waals surface area contributed by atoms with E-state index in [1.807, 2.05) is 0 Å². The molecular formula is C12H23P. The second-order valence-electron chi connectivity index (χ2n) is 4.10. The fraction of sp³-hybridized carbons (Fsp3) is 0.750. The Bertz CT molecular complexity index is 210. The monoisotopic (exact) mass is 198 g/mol.